The van der Waals surface area contributed by atoms with Crippen LogP contribution in [0.2, 0.25) is 0 Å². The Kier molecular flexibility index (Phi) is 8.08. The van der Waals surface area contributed by atoms with Crippen LogP contribution in [0.25, 0.3) is 0 Å². The molecule has 0 radical (unpaired) electrons. The molecule has 0 spiro atoms. The number of carbonyl (C=O) groups is 1. The Balaban J connectivity index is 0.00000106. The van der Waals surface area contributed by atoms with E-state index in [4.69, 9.17) is 14.6 Å². The van der Waals surface area contributed by atoms with Crippen molar-refractivity contribution in [2.45, 2.75) is 33.1 Å². The second kappa shape index (κ2) is 9.58. The number of nitrogens with zero attached hydrogens (tertiary/aromatic N) is 1. The molecule has 5 nitrogen and oxygen atoms in total. The minimum atomic E-state index is -0.845. The molecule has 1 aliphatic heterocycles. The molecule has 5 heteroatoms. The molecule has 0 saturated carbocycles. The van der Waals surface area contributed by atoms with Crippen LogP contribution in [0.1, 0.15) is 33.1 Å². The van der Waals surface area contributed by atoms with Crippen molar-refractivity contribution in [3.05, 3.63) is 23.0 Å². The molecule has 0 amide bonds. The van der Waals surface area contributed by atoms with Crippen LogP contribution in [0.3, 0.4) is 0 Å². The van der Waals surface area contributed by atoms with E-state index >= 15 is 0 Å². The molecular formula is C16H27NO4. The molecule has 1 fully saturated rings. The Morgan fingerprint density at radius 1 is 1.33 bits per heavy atom. The zero-order chi connectivity index (χ0) is 15.7. The van der Waals surface area contributed by atoms with Gasteiger partial charge in [0.25, 0.3) is 0 Å². The molecule has 21 heavy (non-hydrogen) atoms. The third-order valence-corrected chi connectivity index (χ3v) is 3.59. The van der Waals surface area contributed by atoms with E-state index in [-0.39, 0.29) is 0 Å². The van der Waals surface area contributed by atoms with Crippen LogP contribution < -0.4 is 0 Å². The average Bonchev–Trinajstić information content (AvgIpc) is 2.72. The number of allylic oxidation sites excluding steroid dienone is 1. The molecule has 0 aromatic rings. The highest BCUT2D eigenvalue weighted by Crippen LogP contribution is 2.24. The predicted octanol–water partition coefficient (Wildman–Crippen LogP) is 2.44. The molecule has 1 saturated heterocycles. The summed E-state index contributed by atoms with van der Waals surface area (Å²) in [5.41, 5.74) is 1.63. The van der Waals surface area contributed by atoms with Gasteiger partial charge < -0.3 is 14.6 Å². The lowest BCUT2D eigenvalue weighted by molar-refractivity contribution is -0.132. The van der Waals surface area contributed by atoms with Gasteiger partial charge in [-0.25, -0.2) is 4.79 Å². The van der Waals surface area contributed by atoms with Crippen LogP contribution in [0.15, 0.2) is 23.0 Å². The SMILES string of the molecule is CC.COC1=C(CN2CCOCC2)CCCC(C(=O)O)=C1. The van der Waals surface area contributed by atoms with Crippen LogP contribution in [-0.4, -0.2) is 55.9 Å². The number of carboxylic acids is 1. The van der Waals surface area contributed by atoms with E-state index in [1.807, 2.05) is 13.8 Å². The first-order valence-electron chi connectivity index (χ1n) is 7.70. The summed E-state index contributed by atoms with van der Waals surface area (Å²) in [5.74, 6) is -0.122. The van der Waals surface area contributed by atoms with Gasteiger partial charge in [-0.05, 0) is 30.9 Å². The third-order valence-electron chi connectivity index (χ3n) is 3.59. The summed E-state index contributed by atoms with van der Waals surface area (Å²) in [6, 6.07) is 0. The zero-order valence-corrected chi connectivity index (χ0v) is 13.4. The van der Waals surface area contributed by atoms with Crippen molar-refractivity contribution < 1.29 is 19.4 Å². The summed E-state index contributed by atoms with van der Waals surface area (Å²) >= 11 is 0. The maximum absolute atomic E-state index is 11.1. The molecule has 1 aliphatic carbocycles. The van der Waals surface area contributed by atoms with Crippen molar-refractivity contribution in [3.8, 4) is 0 Å². The molecule has 0 atom stereocenters. The van der Waals surface area contributed by atoms with Gasteiger partial charge in [0.1, 0.15) is 5.76 Å². The first-order chi connectivity index (χ1) is 10.2. The summed E-state index contributed by atoms with van der Waals surface area (Å²) in [7, 11) is 1.61. The van der Waals surface area contributed by atoms with E-state index in [9.17, 15) is 4.79 Å². The minimum absolute atomic E-state index is 0.439. The van der Waals surface area contributed by atoms with Crippen LogP contribution in [-0.2, 0) is 14.3 Å². The zero-order valence-electron chi connectivity index (χ0n) is 13.4. The normalized spacial score (nSPS) is 20.0. The lowest BCUT2D eigenvalue weighted by Crippen LogP contribution is -2.37. The van der Waals surface area contributed by atoms with Gasteiger partial charge in [0.05, 0.1) is 20.3 Å². The second-order valence-electron chi connectivity index (χ2n) is 4.89. The maximum atomic E-state index is 11.1. The van der Waals surface area contributed by atoms with E-state index in [2.05, 4.69) is 4.90 Å². The fourth-order valence-electron chi connectivity index (χ4n) is 2.51. The molecule has 1 heterocycles. The smallest absolute Gasteiger partial charge is 0.331 e. The van der Waals surface area contributed by atoms with Crippen LogP contribution in [0.5, 0.6) is 0 Å². The van der Waals surface area contributed by atoms with E-state index < -0.39 is 5.97 Å². The van der Waals surface area contributed by atoms with Crippen molar-refractivity contribution >= 4 is 5.97 Å². The Labute approximate surface area is 127 Å². The number of carboxylic acid groups (broad SMARTS) is 1. The summed E-state index contributed by atoms with van der Waals surface area (Å²) in [5, 5.41) is 9.11. The summed E-state index contributed by atoms with van der Waals surface area (Å²) in [6.45, 7) is 8.24. The standard InChI is InChI=1S/C14H21NO4.C2H6/c1-18-13-9-11(14(16)17)3-2-4-12(13)10-15-5-7-19-8-6-15;1-2/h9H,2-8,10H2,1H3,(H,16,17);1-2H3. The first kappa shape index (κ1) is 17.7. The Hall–Kier alpha value is -1.33. The highest BCUT2D eigenvalue weighted by Gasteiger charge is 2.19. The molecular weight excluding hydrogens is 270 g/mol. The van der Waals surface area contributed by atoms with E-state index in [1.54, 1.807) is 13.2 Å². The molecule has 0 bridgehead atoms. The molecule has 120 valence electrons. The number of ether oxygens (including phenoxy) is 2. The molecule has 0 aromatic heterocycles. The molecule has 0 unspecified atom stereocenters. The number of hydrogen-bond acceptors (Lipinski definition) is 4. The van der Waals surface area contributed by atoms with Gasteiger partial charge in [0.2, 0.25) is 0 Å². The monoisotopic (exact) mass is 297 g/mol. The van der Waals surface area contributed by atoms with Gasteiger partial charge in [-0.1, -0.05) is 13.8 Å². The van der Waals surface area contributed by atoms with Gasteiger partial charge in [0.15, 0.2) is 0 Å². The average molecular weight is 297 g/mol. The van der Waals surface area contributed by atoms with Gasteiger partial charge >= 0.3 is 5.97 Å². The Morgan fingerprint density at radius 3 is 2.57 bits per heavy atom. The Morgan fingerprint density at radius 2 is 2.00 bits per heavy atom. The summed E-state index contributed by atoms with van der Waals surface area (Å²) < 4.78 is 10.7. The van der Waals surface area contributed by atoms with E-state index in [0.717, 1.165) is 51.4 Å². The van der Waals surface area contributed by atoms with Crippen molar-refractivity contribution in [3.63, 3.8) is 0 Å². The summed E-state index contributed by atoms with van der Waals surface area (Å²) in [6.07, 6.45) is 4.05. The van der Waals surface area contributed by atoms with Crippen molar-refractivity contribution in [1.29, 1.82) is 0 Å². The number of morpholine rings is 1. The second-order valence-corrected chi connectivity index (χ2v) is 4.89. The topological polar surface area (TPSA) is 59.0 Å². The van der Waals surface area contributed by atoms with Crippen LogP contribution in [0, 0.1) is 0 Å². The lowest BCUT2D eigenvalue weighted by atomic mass is 10.1. The maximum Gasteiger partial charge on any atom is 0.331 e. The molecule has 0 aromatic carbocycles. The Bertz CT molecular complexity index is 395. The number of methoxy groups -OCH3 is 1. The van der Waals surface area contributed by atoms with E-state index in [1.165, 1.54) is 5.57 Å². The van der Waals surface area contributed by atoms with Gasteiger partial charge in [-0.15, -0.1) is 0 Å². The van der Waals surface area contributed by atoms with Gasteiger partial charge in [-0.3, -0.25) is 4.90 Å². The van der Waals surface area contributed by atoms with Gasteiger partial charge in [-0.2, -0.15) is 0 Å². The molecule has 2 aliphatic rings. The number of aliphatic carboxylic acids is 1. The van der Waals surface area contributed by atoms with Crippen molar-refractivity contribution in [2.24, 2.45) is 0 Å². The highest BCUT2D eigenvalue weighted by molar-refractivity contribution is 5.87. The number of hydrogen-bond donors (Lipinski definition) is 1. The quantitative estimate of drug-likeness (QED) is 0.863. The van der Waals surface area contributed by atoms with Crippen molar-refractivity contribution in [2.75, 3.05) is 40.0 Å². The number of rotatable bonds is 4. The molecule has 2 rings (SSSR count). The highest BCUT2D eigenvalue weighted by atomic mass is 16.5. The molecule has 1 N–H and O–H groups in total. The fourth-order valence-corrected chi connectivity index (χ4v) is 2.51. The minimum Gasteiger partial charge on any atom is -0.497 e. The van der Waals surface area contributed by atoms with Crippen LogP contribution >= 0.6 is 0 Å². The largest absolute Gasteiger partial charge is 0.497 e. The summed E-state index contributed by atoms with van der Waals surface area (Å²) in [4.78, 5) is 13.4. The predicted molar refractivity (Wildman–Crippen MR) is 82.2 cm³/mol. The lowest BCUT2D eigenvalue weighted by Gasteiger charge is -2.28. The van der Waals surface area contributed by atoms with E-state index in [0.29, 0.717) is 12.0 Å². The van der Waals surface area contributed by atoms with Crippen molar-refractivity contribution in [1.82, 2.24) is 4.90 Å². The van der Waals surface area contributed by atoms with Gasteiger partial charge in [0, 0.05) is 25.2 Å². The third kappa shape index (κ3) is 5.52. The fraction of sp³-hybridized carbons (Fsp3) is 0.688. The first-order valence-corrected chi connectivity index (χ1v) is 7.70. The van der Waals surface area contributed by atoms with Crippen LogP contribution in [0.4, 0.5) is 0 Å².